The summed E-state index contributed by atoms with van der Waals surface area (Å²) in [5.74, 6) is -0.567. The van der Waals surface area contributed by atoms with Gasteiger partial charge in [0.05, 0.1) is 0 Å². The quantitative estimate of drug-likeness (QED) is 0.577. The summed E-state index contributed by atoms with van der Waals surface area (Å²) in [6.07, 6.45) is 3.13. The number of nitrogens with zero attached hydrogens (tertiary/aromatic N) is 2. The van der Waals surface area contributed by atoms with Crippen LogP contribution in [0.25, 0.3) is 0 Å². The normalized spacial score (nSPS) is 29.6. The van der Waals surface area contributed by atoms with Crippen LogP contribution in [0.1, 0.15) is 39.5 Å². The van der Waals surface area contributed by atoms with Gasteiger partial charge >= 0.3 is 5.97 Å². The molecule has 128 valence electrons. The van der Waals surface area contributed by atoms with Gasteiger partial charge in [-0.25, -0.2) is 0 Å². The van der Waals surface area contributed by atoms with Gasteiger partial charge in [-0.2, -0.15) is 0 Å². The largest absolute Gasteiger partial charge is 0.460 e. The van der Waals surface area contributed by atoms with Gasteiger partial charge in [-0.15, -0.1) is 0 Å². The predicted octanol–water partition coefficient (Wildman–Crippen LogP) is -0.107. The van der Waals surface area contributed by atoms with Crippen molar-refractivity contribution in [1.29, 1.82) is 0 Å². The van der Waals surface area contributed by atoms with Crippen LogP contribution in [-0.2, 0) is 19.1 Å². The smallest absolute Gasteiger partial charge is 0.302 e. The lowest BCUT2D eigenvalue weighted by Crippen LogP contribution is -2.76. The maximum atomic E-state index is 12.9. The van der Waals surface area contributed by atoms with Crippen LogP contribution in [0.3, 0.4) is 0 Å². The van der Waals surface area contributed by atoms with Crippen LogP contribution in [0.5, 0.6) is 0 Å². The van der Waals surface area contributed by atoms with Crippen molar-refractivity contribution in [3.63, 3.8) is 0 Å². The molecule has 0 aromatic rings. The number of nitrogens with one attached hydrogen (secondary N) is 1. The maximum absolute atomic E-state index is 12.9. The number of rotatable bonds is 4. The van der Waals surface area contributed by atoms with Crippen LogP contribution in [-0.4, -0.2) is 71.4 Å². The number of ether oxygens (including phenoxy) is 1. The van der Waals surface area contributed by atoms with Gasteiger partial charge in [0, 0.05) is 26.6 Å². The van der Waals surface area contributed by atoms with Crippen molar-refractivity contribution in [2.45, 2.75) is 57.2 Å². The SMILES string of the molecule is CC(=O)O[C@H](C)C(C(=O)N1CCCC1)N1CC2(CCCN2)C1=O. The average molecular weight is 323 g/mol. The summed E-state index contributed by atoms with van der Waals surface area (Å²) in [7, 11) is 0. The zero-order valence-corrected chi connectivity index (χ0v) is 13.8. The van der Waals surface area contributed by atoms with Crippen LogP contribution in [0.4, 0.5) is 0 Å². The van der Waals surface area contributed by atoms with Gasteiger partial charge in [-0.05, 0) is 39.2 Å². The molecule has 0 aromatic heterocycles. The fourth-order valence-electron chi connectivity index (χ4n) is 4.00. The van der Waals surface area contributed by atoms with Crippen LogP contribution in [0.2, 0.25) is 0 Å². The third-order valence-corrected chi connectivity index (χ3v) is 5.16. The van der Waals surface area contributed by atoms with E-state index in [9.17, 15) is 14.4 Å². The summed E-state index contributed by atoms with van der Waals surface area (Å²) < 4.78 is 5.25. The van der Waals surface area contributed by atoms with Crippen LogP contribution in [0.15, 0.2) is 0 Å². The average Bonchev–Trinajstić information content (AvgIpc) is 3.18. The first-order valence-electron chi connectivity index (χ1n) is 8.47. The molecule has 0 radical (unpaired) electrons. The molecular formula is C16H25N3O4. The van der Waals surface area contributed by atoms with Gasteiger partial charge in [-0.1, -0.05) is 0 Å². The monoisotopic (exact) mass is 323 g/mol. The molecule has 2 amide bonds. The van der Waals surface area contributed by atoms with Crippen LogP contribution in [0, 0.1) is 0 Å². The van der Waals surface area contributed by atoms with Crippen molar-refractivity contribution in [2.24, 2.45) is 0 Å². The number of amides is 2. The van der Waals surface area contributed by atoms with Crippen LogP contribution >= 0.6 is 0 Å². The molecule has 1 N–H and O–H groups in total. The number of β-lactam (4-membered cyclic amide) rings is 1. The predicted molar refractivity (Wildman–Crippen MR) is 82.5 cm³/mol. The number of hydrogen-bond acceptors (Lipinski definition) is 5. The summed E-state index contributed by atoms with van der Waals surface area (Å²) >= 11 is 0. The zero-order valence-electron chi connectivity index (χ0n) is 13.8. The zero-order chi connectivity index (χ0) is 16.6. The van der Waals surface area contributed by atoms with E-state index in [1.54, 1.807) is 16.7 Å². The Bertz CT molecular complexity index is 509. The van der Waals surface area contributed by atoms with Gasteiger partial charge < -0.3 is 19.9 Å². The third kappa shape index (κ3) is 2.82. The Morgan fingerprint density at radius 2 is 1.96 bits per heavy atom. The Kier molecular flexibility index (Phi) is 4.31. The van der Waals surface area contributed by atoms with E-state index in [0.29, 0.717) is 19.6 Å². The second kappa shape index (κ2) is 6.11. The highest BCUT2D eigenvalue weighted by atomic mass is 16.5. The van der Waals surface area contributed by atoms with Crippen molar-refractivity contribution >= 4 is 17.8 Å². The number of carbonyl (C=O) groups excluding carboxylic acids is 3. The highest BCUT2D eigenvalue weighted by Gasteiger charge is 2.58. The van der Waals surface area contributed by atoms with E-state index in [0.717, 1.165) is 32.2 Å². The molecule has 3 rings (SSSR count). The van der Waals surface area contributed by atoms with E-state index in [2.05, 4.69) is 5.32 Å². The van der Waals surface area contributed by atoms with Crippen molar-refractivity contribution < 1.29 is 19.1 Å². The lowest BCUT2D eigenvalue weighted by molar-refractivity contribution is -0.172. The Hall–Kier alpha value is -1.63. The molecule has 0 bridgehead atoms. The molecule has 7 heteroatoms. The molecule has 0 aromatic carbocycles. The highest BCUT2D eigenvalue weighted by Crippen LogP contribution is 2.34. The maximum Gasteiger partial charge on any atom is 0.302 e. The minimum atomic E-state index is -0.711. The molecule has 0 saturated carbocycles. The molecular weight excluding hydrogens is 298 g/mol. The van der Waals surface area contributed by atoms with E-state index in [-0.39, 0.29) is 11.8 Å². The Labute approximate surface area is 136 Å². The van der Waals surface area contributed by atoms with E-state index in [1.165, 1.54) is 6.92 Å². The first kappa shape index (κ1) is 16.2. The Balaban J connectivity index is 1.76. The van der Waals surface area contributed by atoms with E-state index in [1.807, 2.05) is 0 Å². The molecule has 3 saturated heterocycles. The summed E-state index contributed by atoms with van der Waals surface area (Å²) in [4.78, 5) is 40.2. The van der Waals surface area contributed by atoms with Crippen molar-refractivity contribution in [1.82, 2.24) is 15.1 Å². The number of hydrogen-bond donors (Lipinski definition) is 1. The standard InChI is InChI=1S/C16H25N3O4/c1-11(23-12(2)20)13(14(21)18-8-3-4-9-18)19-10-16(15(19)22)6-5-7-17-16/h11,13,17H,3-10H2,1-2H3/t11-,13?,16?/m1/s1. The molecule has 3 aliphatic rings. The van der Waals surface area contributed by atoms with Gasteiger partial charge in [-0.3, -0.25) is 14.4 Å². The Morgan fingerprint density at radius 1 is 1.26 bits per heavy atom. The minimum absolute atomic E-state index is 0.0356. The molecule has 3 fully saturated rings. The molecule has 7 nitrogen and oxygen atoms in total. The second-order valence-corrected chi connectivity index (χ2v) is 6.84. The van der Waals surface area contributed by atoms with Gasteiger partial charge in [0.25, 0.3) is 0 Å². The summed E-state index contributed by atoms with van der Waals surface area (Å²) in [5.41, 5.74) is -0.487. The summed E-state index contributed by atoms with van der Waals surface area (Å²) in [6, 6.07) is -0.711. The fourth-order valence-corrected chi connectivity index (χ4v) is 4.00. The van der Waals surface area contributed by atoms with E-state index < -0.39 is 23.7 Å². The first-order valence-corrected chi connectivity index (χ1v) is 8.47. The number of carbonyl (C=O) groups is 3. The molecule has 23 heavy (non-hydrogen) atoms. The Morgan fingerprint density at radius 3 is 2.48 bits per heavy atom. The second-order valence-electron chi connectivity index (χ2n) is 6.84. The highest BCUT2D eigenvalue weighted by molar-refractivity contribution is 5.98. The third-order valence-electron chi connectivity index (χ3n) is 5.16. The van der Waals surface area contributed by atoms with Crippen molar-refractivity contribution in [2.75, 3.05) is 26.2 Å². The molecule has 3 aliphatic heterocycles. The topological polar surface area (TPSA) is 79.0 Å². The summed E-state index contributed by atoms with van der Waals surface area (Å²) in [6.45, 7) is 5.80. The van der Waals surface area contributed by atoms with Crippen LogP contribution < -0.4 is 5.32 Å². The lowest BCUT2D eigenvalue weighted by Gasteiger charge is -2.51. The minimum Gasteiger partial charge on any atom is -0.460 e. The van der Waals surface area contributed by atoms with E-state index in [4.69, 9.17) is 4.74 Å². The first-order chi connectivity index (χ1) is 10.9. The fraction of sp³-hybridized carbons (Fsp3) is 0.812. The number of esters is 1. The van der Waals surface area contributed by atoms with Gasteiger partial charge in [0.15, 0.2) is 0 Å². The number of likely N-dealkylation sites (tertiary alicyclic amines) is 2. The lowest BCUT2D eigenvalue weighted by atomic mass is 9.84. The molecule has 3 heterocycles. The van der Waals surface area contributed by atoms with E-state index >= 15 is 0 Å². The van der Waals surface area contributed by atoms with Crippen molar-refractivity contribution in [3.8, 4) is 0 Å². The molecule has 0 aliphatic carbocycles. The van der Waals surface area contributed by atoms with Gasteiger partial charge in [0.2, 0.25) is 11.8 Å². The van der Waals surface area contributed by atoms with Gasteiger partial charge in [0.1, 0.15) is 17.7 Å². The molecule has 2 unspecified atom stereocenters. The molecule has 1 spiro atoms. The van der Waals surface area contributed by atoms with Crippen molar-refractivity contribution in [3.05, 3.63) is 0 Å². The summed E-state index contributed by atoms with van der Waals surface area (Å²) in [5, 5.41) is 3.27. The molecule has 3 atom stereocenters.